The molecular formula is C30H31ClF2N4O2. The van der Waals surface area contributed by atoms with Crippen LogP contribution in [0.15, 0.2) is 54.7 Å². The Hall–Kier alpha value is -3.36. The van der Waals surface area contributed by atoms with E-state index in [1.54, 1.807) is 30.5 Å². The zero-order chi connectivity index (χ0) is 27.5. The number of carbonyl (C=O) groups excluding carboxylic acids is 2. The summed E-state index contributed by atoms with van der Waals surface area (Å²) in [5.41, 5.74) is 2.62. The SMILES string of the molecule is Cc1cnc(Cl)c(C(=O)N2CCC(N3CCC(NC(=O)c4ccc(-c5ccc(F)cc5)cc4F)CC3)CC2)c1. The van der Waals surface area contributed by atoms with Crippen molar-refractivity contribution in [3.05, 3.63) is 88.2 Å². The molecule has 2 fully saturated rings. The van der Waals surface area contributed by atoms with Gasteiger partial charge in [-0.1, -0.05) is 29.8 Å². The largest absolute Gasteiger partial charge is 0.349 e. The molecule has 0 radical (unpaired) electrons. The molecule has 2 aromatic carbocycles. The lowest BCUT2D eigenvalue weighted by Gasteiger charge is -2.42. The summed E-state index contributed by atoms with van der Waals surface area (Å²) in [6.07, 6.45) is 4.98. The molecule has 1 aromatic heterocycles. The van der Waals surface area contributed by atoms with Gasteiger partial charge in [-0.2, -0.15) is 0 Å². The molecule has 0 saturated carbocycles. The molecule has 3 heterocycles. The van der Waals surface area contributed by atoms with E-state index in [1.807, 2.05) is 11.8 Å². The summed E-state index contributed by atoms with van der Waals surface area (Å²) in [6.45, 7) is 4.89. The lowest BCUT2D eigenvalue weighted by molar-refractivity contribution is 0.0566. The molecule has 9 heteroatoms. The molecule has 0 aliphatic carbocycles. The van der Waals surface area contributed by atoms with Gasteiger partial charge in [0.1, 0.15) is 16.8 Å². The number of nitrogens with zero attached hydrogens (tertiary/aromatic N) is 3. The number of hydrogen-bond donors (Lipinski definition) is 1. The minimum atomic E-state index is -0.601. The molecule has 6 nitrogen and oxygen atoms in total. The second kappa shape index (κ2) is 11.8. The van der Waals surface area contributed by atoms with Crippen molar-refractivity contribution >= 4 is 23.4 Å². The summed E-state index contributed by atoms with van der Waals surface area (Å²) >= 11 is 6.17. The van der Waals surface area contributed by atoms with Crippen molar-refractivity contribution in [1.82, 2.24) is 20.1 Å². The summed E-state index contributed by atoms with van der Waals surface area (Å²) in [6, 6.07) is 12.4. The minimum Gasteiger partial charge on any atom is -0.349 e. The Morgan fingerprint density at radius 2 is 1.56 bits per heavy atom. The molecule has 5 rings (SSSR count). The van der Waals surface area contributed by atoms with Gasteiger partial charge in [0.2, 0.25) is 0 Å². The van der Waals surface area contributed by atoms with Crippen molar-refractivity contribution < 1.29 is 18.4 Å². The first kappa shape index (κ1) is 27.2. The number of halogens is 3. The van der Waals surface area contributed by atoms with Crippen LogP contribution in [0.4, 0.5) is 8.78 Å². The average molecular weight is 553 g/mol. The van der Waals surface area contributed by atoms with Crippen LogP contribution in [0.5, 0.6) is 0 Å². The van der Waals surface area contributed by atoms with Crippen LogP contribution in [-0.4, -0.2) is 64.9 Å². The van der Waals surface area contributed by atoms with Crippen LogP contribution in [0.3, 0.4) is 0 Å². The summed E-state index contributed by atoms with van der Waals surface area (Å²) < 4.78 is 28.0. The fourth-order valence-electron chi connectivity index (χ4n) is 5.50. The van der Waals surface area contributed by atoms with Gasteiger partial charge in [-0.15, -0.1) is 0 Å². The van der Waals surface area contributed by atoms with Gasteiger partial charge >= 0.3 is 0 Å². The molecule has 0 atom stereocenters. The second-order valence-corrected chi connectivity index (χ2v) is 10.7. The monoisotopic (exact) mass is 552 g/mol. The Bertz CT molecular complexity index is 1350. The van der Waals surface area contributed by atoms with E-state index in [4.69, 9.17) is 11.6 Å². The van der Waals surface area contributed by atoms with Gasteiger partial charge in [0.05, 0.1) is 11.1 Å². The highest BCUT2D eigenvalue weighted by atomic mass is 35.5. The van der Waals surface area contributed by atoms with E-state index in [-0.39, 0.29) is 28.5 Å². The van der Waals surface area contributed by atoms with Crippen LogP contribution in [-0.2, 0) is 0 Å². The number of amides is 2. The first-order valence-electron chi connectivity index (χ1n) is 13.3. The Morgan fingerprint density at radius 3 is 2.23 bits per heavy atom. The number of likely N-dealkylation sites (tertiary alicyclic amines) is 2. The molecule has 0 bridgehead atoms. The van der Waals surface area contributed by atoms with Crippen molar-refractivity contribution in [2.45, 2.75) is 44.7 Å². The minimum absolute atomic E-state index is 0.00393. The zero-order valence-corrected chi connectivity index (χ0v) is 22.6. The summed E-state index contributed by atoms with van der Waals surface area (Å²) in [7, 11) is 0. The number of benzene rings is 2. The molecule has 1 N–H and O–H groups in total. The number of nitrogens with one attached hydrogen (secondary N) is 1. The average Bonchev–Trinajstić information content (AvgIpc) is 2.95. The highest BCUT2D eigenvalue weighted by Crippen LogP contribution is 2.25. The predicted octanol–water partition coefficient (Wildman–Crippen LogP) is 5.49. The number of aromatic nitrogens is 1. The van der Waals surface area contributed by atoms with E-state index in [0.29, 0.717) is 35.8 Å². The molecule has 2 amide bonds. The zero-order valence-electron chi connectivity index (χ0n) is 21.8. The van der Waals surface area contributed by atoms with Crippen LogP contribution in [0.25, 0.3) is 11.1 Å². The summed E-state index contributed by atoms with van der Waals surface area (Å²) in [4.78, 5) is 34.1. The number of hydrogen-bond acceptors (Lipinski definition) is 4. The molecule has 2 aliphatic heterocycles. The third-order valence-corrected chi connectivity index (χ3v) is 8.03. The van der Waals surface area contributed by atoms with Gasteiger partial charge in [0.25, 0.3) is 11.8 Å². The van der Waals surface area contributed by atoms with E-state index < -0.39 is 11.7 Å². The maximum absolute atomic E-state index is 14.8. The second-order valence-electron chi connectivity index (χ2n) is 10.4. The molecule has 3 aromatic rings. The number of piperidine rings is 2. The number of aryl methyl sites for hydroxylation is 1. The third kappa shape index (κ3) is 6.28. The maximum atomic E-state index is 14.8. The standard InChI is InChI=1S/C30H31ClF2N4O2/c1-19-16-26(28(31)34-18-19)30(39)37-14-10-24(11-15-37)36-12-8-23(9-13-36)35-29(38)25-7-4-21(17-27(25)33)20-2-5-22(32)6-3-20/h2-7,16-18,23-24H,8-15H2,1H3,(H,35,38). The van der Waals surface area contributed by atoms with Crippen LogP contribution in [0, 0.1) is 18.6 Å². The van der Waals surface area contributed by atoms with Crippen LogP contribution < -0.4 is 5.32 Å². The fraction of sp³-hybridized carbons (Fsp3) is 0.367. The number of carbonyl (C=O) groups is 2. The normalized spacial score (nSPS) is 17.3. The van der Waals surface area contributed by atoms with E-state index in [0.717, 1.165) is 44.3 Å². The Labute approximate surface area is 232 Å². The summed E-state index contributed by atoms with van der Waals surface area (Å²) in [5.74, 6) is -1.46. The van der Waals surface area contributed by atoms with E-state index in [9.17, 15) is 18.4 Å². The number of rotatable bonds is 5. The first-order valence-corrected chi connectivity index (χ1v) is 13.7. The molecule has 2 saturated heterocycles. The van der Waals surface area contributed by atoms with Crippen LogP contribution >= 0.6 is 11.6 Å². The lowest BCUT2D eigenvalue weighted by atomic mass is 9.97. The topological polar surface area (TPSA) is 65.5 Å². The van der Waals surface area contributed by atoms with Crippen molar-refractivity contribution in [1.29, 1.82) is 0 Å². The van der Waals surface area contributed by atoms with E-state index >= 15 is 0 Å². The highest BCUT2D eigenvalue weighted by Gasteiger charge is 2.31. The highest BCUT2D eigenvalue weighted by molar-refractivity contribution is 6.32. The van der Waals surface area contributed by atoms with Gasteiger partial charge in [-0.25, -0.2) is 13.8 Å². The van der Waals surface area contributed by atoms with Crippen molar-refractivity contribution in [3.63, 3.8) is 0 Å². The molecule has 0 spiro atoms. The van der Waals surface area contributed by atoms with Crippen LogP contribution in [0.2, 0.25) is 5.15 Å². The van der Waals surface area contributed by atoms with Gasteiger partial charge < -0.3 is 15.1 Å². The molecule has 2 aliphatic rings. The Kier molecular flexibility index (Phi) is 8.23. The Balaban J connectivity index is 1.10. The van der Waals surface area contributed by atoms with Crippen molar-refractivity contribution in [2.75, 3.05) is 26.2 Å². The van der Waals surface area contributed by atoms with Crippen molar-refractivity contribution in [2.24, 2.45) is 0 Å². The fourth-order valence-corrected chi connectivity index (χ4v) is 5.68. The molecule has 0 unspecified atom stereocenters. The van der Waals surface area contributed by atoms with Crippen LogP contribution in [0.1, 0.15) is 52.0 Å². The van der Waals surface area contributed by atoms with Gasteiger partial charge in [0.15, 0.2) is 0 Å². The van der Waals surface area contributed by atoms with Gasteiger partial charge in [0, 0.05) is 44.5 Å². The first-order chi connectivity index (χ1) is 18.8. The summed E-state index contributed by atoms with van der Waals surface area (Å²) in [5, 5.41) is 3.23. The molecule has 39 heavy (non-hydrogen) atoms. The molecule has 204 valence electrons. The quantitative estimate of drug-likeness (QED) is 0.425. The number of pyridine rings is 1. The van der Waals surface area contributed by atoms with E-state index in [1.165, 1.54) is 24.3 Å². The lowest BCUT2D eigenvalue weighted by Crippen LogP contribution is -2.51. The van der Waals surface area contributed by atoms with Gasteiger partial charge in [-0.05, 0) is 79.6 Å². The van der Waals surface area contributed by atoms with E-state index in [2.05, 4.69) is 15.2 Å². The molecular weight excluding hydrogens is 522 g/mol. The third-order valence-electron chi connectivity index (χ3n) is 7.73. The smallest absolute Gasteiger partial charge is 0.256 e. The Morgan fingerprint density at radius 1 is 0.897 bits per heavy atom. The maximum Gasteiger partial charge on any atom is 0.256 e. The predicted molar refractivity (Wildman–Crippen MR) is 147 cm³/mol. The van der Waals surface area contributed by atoms with Gasteiger partial charge in [-0.3, -0.25) is 9.59 Å². The van der Waals surface area contributed by atoms with Crippen molar-refractivity contribution in [3.8, 4) is 11.1 Å².